The van der Waals surface area contributed by atoms with Gasteiger partial charge in [0, 0.05) is 19.8 Å². The van der Waals surface area contributed by atoms with Crippen molar-refractivity contribution in [1.29, 1.82) is 0 Å². The Morgan fingerprint density at radius 1 is 0.342 bits per heavy atom. The summed E-state index contributed by atoms with van der Waals surface area (Å²) in [5.74, 6) is 0. The van der Waals surface area contributed by atoms with Gasteiger partial charge in [-0.1, -0.05) is 149 Å². The molecule has 0 bridgehead atoms. The molecule has 0 aromatic heterocycles. The topological polar surface area (TPSA) is 0 Å². The Bertz CT molecular complexity index is 774. The molecule has 0 fully saturated rings. The van der Waals surface area contributed by atoms with Crippen molar-refractivity contribution in [3.05, 3.63) is 69.8 Å². The van der Waals surface area contributed by atoms with E-state index in [1.807, 2.05) is 0 Å². The smallest absolute Gasteiger partial charge is 0 e. The third-order valence-electron chi connectivity index (χ3n) is 6.70. The van der Waals surface area contributed by atoms with Crippen molar-refractivity contribution in [1.82, 2.24) is 0 Å². The first-order valence-corrected chi connectivity index (χ1v) is 13.8. The molecule has 0 aliphatic rings. The second-order valence-corrected chi connectivity index (χ2v) is 16.9. The molecule has 2 aromatic rings. The van der Waals surface area contributed by atoms with Crippen LogP contribution in [-0.2, 0) is 32.5 Å². The molecule has 2 heteroatoms. The van der Waals surface area contributed by atoms with Crippen LogP contribution in [0.1, 0.15) is 158 Å². The molecule has 0 saturated carbocycles. The molecule has 0 spiro atoms. The van der Waals surface area contributed by atoms with Crippen LogP contribution < -0.4 is 24.0 Å². The fourth-order valence-electron chi connectivity index (χ4n) is 3.62. The minimum Gasteiger partial charge on any atom is -1.00 e. The van der Waals surface area contributed by atoms with E-state index in [0.717, 1.165) is 0 Å². The third-order valence-corrected chi connectivity index (χ3v) is 6.70. The van der Waals surface area contributed by atoms with Crippen LogP contribution in [0, 0.1) is 12.1 Å². The first-order valence-electron chi connectivity index (χ1n) is 13.8. The SMILES string of the molecule is CC(C)(C)c1[c]c(C(C)(C)C)cc(C(C)(C)C)c1.CC(C)(C)c1[c]c(C(C)(C)C)cc(C(C)(C)C)c1.[Ga].[I-]. The van der Waals surface area contributed by atoms with Gasteiger partial charge in [-0.3, -0.25) is 0 Å². The average molecular weight is 687 g/mol. The molecule has 0 amide bonds. The molecule has 2 aromatic carbocycles. The van der Waals surface area contributed by atoms with E-state index >= 15 is 0 Å². The number of hydrogen-bond acceptors (Lipinski definition) is 0. The second-order valence-electron chi connectivity index (χ2n) is 16.9. The van der Waals surface area contributed by atoms with Crippen molar-refractivity contribution in [3.8, 4) is 0 Å². The van der Waals surface area contributed by atoms with Gasteiger partial charge in [0.2, 0.25) is 0 Å². The predicted molar refractivity (Wildman–Crippen MR) is 169 cm³/mol. The van der Waals surface area contributed by atoms with Crippen LogP contribution in [0.4, 0.5) is 0 Å². The molecule has 0 unspecified atom stereocenters. The van der Waals surface area contributed by atoms with Crippen molar-refractivity contribution in [2.24, 2.45) is 0 Å². The molecular formula is C36H58GaI-. The first-order chi connectivity index (χ1) is 15.6. The monoisotopic (exact) mass is 686 g/mol. The van der Waals surface area contributed by atoms with E-state index in [1.165, 1.54) is 33.4 Å². The van der Waals surface area contributed by atoms with Crippen molar-refractivity contribution >= 4 is 19.8 Å². The summed E-state index contributed by atoms with van der Waals surface area (Å²) in [6.07, 6.45) is 0. The van der Waals surface area contributed by atoms with Crippen LogP contribution in [-0.4, -0.2) is 19.8 Å². The summed E-state index contributed by atoms with van der Waals surface area (Å²) in [6.45, 7) is 40.8. The Labute approximate surface area is 269 Å². The third kappa shape index (κ3) is 12.1. The van der Waals surface area contributed by atoms with Gasteiger partial charge in [-0.05, 0) is 78.0 Å². The number of benzene rings is 2. The van der Waals surface area contributed by atoms with E-state index in [9.17, 15) is 0 Å². The van der Waals surface area contributed by atoms with E-state index in [2.05, 4.69) is 161 Å². The molecule has 0 saturated heterocycles. The number of rotatable bonds is 0. The minimum absolute atomic E-state index is 0. The van der Waals surface area contributed by atoms with Crippen LogP contribution in [0.15, 0.2) is 24.3 Å². The molecular weight excluding hydrogens is 629 g/mol. The van der Waals surface area contributed by atoms with Crippen LogP contribution >= 0.6 is 0 Å². The van der Waals surface area contributed by atoms with Crippen molar-refractivity contribution in [3.63, 3.8) is 0 Å². The molecule has 0 N–H and O–H groups in total. The van der Waals surface area contributed by atoms with E-state index in [-0.39, 0.29) is 76.3 Å². The maximum absolute atomic E-state index is 3.64. The number of halogens is 1. The Morgan fingerprint density at radius 2 is 0.500 bits per heavy atom. The van der Waals surface area contributed by atoms with Crippen molar-refractivity contribution < 1.29 is 24.0 Å². The Balaban J connectivity index is 0. The van der Waals surface area contributed by atoms with Crippen LogP contribution in [0.25, 0.3) is 0 Å². The predicted octanol–water partition coefficient (Wildman–Crippen LogP) is 7.38. The molecule has 0 aliphatic carbocycles. The normalized spacial score (nSPS) is 13.1. The zero-order valence-electron chi connectivity index (χ0n) is 28.3. The quantitative estimate of drug-likeness (QED) is 0.201. The van der Waals surface area contributed by atoms with E-state index in [0.29, 0.717) is 0 Å². The summed E-state index contributed by atoms with van der Waals surface area (Å²) in [7, 11) is 0. The largest absolute Gasteiger partial charge is 1.00 e. The zero-order valence-corrected chi connectivity index (χ0v) is 32.8. The van der Waals surface area contributed by atoms with Crippen molar-refractivity contribution in [2.45, 2.75) is 157 Å². The molecule has 2 rings (SSSR count). The summed E-state index contributed by atoms with van der Waals surface area (Å²) in [6, 6.07) is 16.6. The van der Waals surface area contributed by atoms with Crippen LogP contribution in [0.2, 0.25) is 0 Å². The summed E-state index contributed by atoms with van der Waals surface area (Å²) in [5.41, 5.74) is 9.10. The fraction of sp³-hybridized carbons (Fsp3) is 0.667. The molecule has 38 heavy (non-hydrogen) atoms. The molecule has 5 radical (unpaired) electrons. The minimum atomic E-state index is 0. The Kier molecular flexibility index (Phi) is 13.9. The fourth-order valence-corrected chi connectivity index (χ4v) is 3.62. The van der Waals surface area contributed by atoms with Crippen molar-refractivity contribution in [2.75, 3.05) is 0 Å². The van der Waals surface area contributed by atoms with Gasteiger partial charge in [0.1, 0.15) is 0 Å². The van der Waals surface area contributed by atoms with E-state index in [4.69, 9.17) is 0 Å². The van der Waals surface area contributed by atoms with Gasteiger partial charge in [0.15, 0.2) is 0 Å². The van der Waals surface area contributed by atoms with Gasteiger partial charge in [-0.2, -0.15) is 0 Å². The summed E-state index contributed by atoms with van der Waals surface area (Å²) in [4.78, 5) is 0. The van der Waals surface area contributed by atoms with E-state index < -0.39 is 0 Å². The van der Waals surface area contributed by atoms with Gasteiger partial charge in [0.05, 0.1) is 0 Å². The summed E-state index contributed by atoms with van der Waals surface area (Å²) >= 11 is 0. The van der Waals surface area contributed by atoms with Gasteiger partial charge in [0.25, 0.3) is 0 Å². The summed E-state index contributed by atoms with van der Waals surface area (Å²) < 4.78 is 0. The van der Waals surface area contributed by atoms with Gasteiger partial charge in [-0.15, -0.1) is 0 Å². The van der Waals surface area contributed by atoms with Crippen LogP contribution in [0.5, 0.6) is 0 Å². The maximum Gasteiger partial charge on any atom is 0 e. The maximum atomic E-state index is 3.64. The van der Waals surface area contributed by atoms with Crippen LogP contribution in [0.3, 0.4) is 0 Å². The van der Waals surface area contributed by atoms with E-state index in [1.54, 1.807) is 0 Å². The number of hydrogen-bond donors (Lipinski definition) is 0. The molecule has 0 aliphatic heterocycles. The van der Waals surface area contributed by atoms with Gasteiger partial charge < -0.3 is 24.0 Å². The molecule has 213 valence electrons. The van der Waals surface area contributed by atoms with Gasteiger partial charge in [-0.25, -0.2) is 0 Å². The second kappa shape index (κ2) is 13.2. The molecule has 0 nitrogen and oxygen atoms in total. The Hall–Kier alpha value is -0.194. The standard InChI is InChI=1S/2C18H29.Ga.HI/c2*1-16(2,3)13-10-14(17(4,5)6)12-15(11-13)18(7,8)9;;/h2*10-11H,1-9H3;;1H/p-1. The molecule has 0 atom stereocenters. The first kappa shape index (κ1) is 39.9. The summed E-state index contributed by atoms with van der Waals surface area (Å²) in [5, 5.41) is 0. The molecule has 0 heterocycles. The average Bonchev–Trinajstić information content (AvgIpc) is 2.63. The zero-order chi connectivity index (χ0) is 28.7. The van der Waals surface area contributed by atoms with Gasteiger partial charge >= 0.3 is 0 Å². The Morgan fingerprint density at radius 3 is 0.605 bits per heavy atom.